The van der Waals surface area contributed by atoms with Crippen LogP contribution in [0.1, 0.15) is 24.2 Å². The number of hydrogen-bond donors (Lipinski definition) is 2. The van der Waals surface area contributed by atoms with Gasteiger partial charge in [0.05, 0.1) is 24.2 Å². The Morgan fingerprint density at radius 1 is 1.04 bits per heavy atom. The summed E-state index contributed by atoms with van der Waals surface area (Å²) >= 11 is 0. The fraction of sp³-hybridized carbons (Fsp3) is 0.389. The zero-order valence-electron chi connectivity index (χ0n) is 14.8. The van der Waals surface area contributed by atoms with E-state index in [-0.39, 0.29) is 6.03 Å². The number of amides is 2. The molecule has 0 bridgehead atoms. The molecule has 2 amide bonds. The molecule has 7 heteroatoms. The molecule has 1 aromatic heterocycles. The molecule has 0 atom stereocenters. The first-order valence-corrected chi connectivity index (χ1v) is 8.39. The van der Waals surface area contributed by atoms with E-state index in [1.807, 2.05) is 13.8 Å². The Balaban J connectivity index is 1.69. The summed E-state index contributed by atoms with van der Waals surface area (Å²) in [7, 11) is 1.60. The molecule has 2 N–H and O–H groups in total. The molecule has 0 aliphatic carbocycles. The Kier molecular flexibility index (Phi) is 5.02. The quantitative estimate of drug-likeness (QED) is 0.891. The number of methoxy groups -OCH3 is 1. The van der Waals surface area contributed by atoms with Gasteiger partial charge in [-0.25, -0.2) is 14.8 Å². The van der Waals surface area contributed by atoms with Gasteiger partial charge in [-0.3, -0.25) is 0 Å². The second-order valence-electron chi connectivity index (χ2n) is 6.07. The number of ether oxygens (including phenoxy) is 1. The number of benzene rings is 1. The lowest BCUT2D eigenvalue weighted by atomic mass is 10.3. The van der Waals surface area contributed by atoms with E-state index in [0.717, 1.165) is 36.2 Å². The molecule has 2 heterocycles. The number of rotatable bonds is 4. The minimum atomic E-state index is -0.325. The van der Waals surface area contributed by atoms with E-state index in [9.17, 15) is 4.79 Å². The number of aryl methyl sites for hydroxylation is 2. The van der Waals surface area contributed by atoms with Gasteiger partial charge in [0.25, 0.3) is 0 Å². The monoisotopic (exact) mass is 341 g/mol. The Labute approximate surface area is 147 Å². The van der Waals surface area contributed by atoms with Crippen molar-refractivity contribution in [2.45, 2.75) is 26.7 Å². The lowest BCUT2D eigenvalue weighted by molar-refractivity contribution is 0.262. The summed E-state index contributed by atoms with van der Waals surface area (Å²) in [5.74, 6) is 1.48. The van der Waals surface area contributed by atoms with Crippen LogP contribution in [-0.2, 0) is 0 Å². The molecule has 1 aromatic carbocycles. The van der Waals surface area contributed by atoms with Crippen LogP contribution in [0, 0.1) is 13.8 Å². The first kappa shape index (κ1) is 17.0. The molecular weight excluding hydrogens is 318 g/mol. The number of carbonyl (C=O) groups excluding carboxylic acids is 1. The number of aromatic nitrogens is 2. The zero-order valence-corrected chi connectivity index (χ0v) is 14.8. The molecule has 1 saturated heterocycles. The highest BCUT2D eigenvalue weighted by atomic mass is 16.5. The molecule has 0 spiro atoms. The molecule has 132 valence electrons. The van der Waals surface area contributed by atoms with E-state index in [4.69, 9.17) is 4.74 Å². The topological polar surface area (TPSA) is 79.4 Å². The van der Waals surface area contributed by atoms with Gasteiger partial charge < -0.3 is 20.3 Å². The number of carbonyl (C=O) groups is 1. The molecule has 0 unspecified atom stereocenters. The minimum Gasteiger partial charge on any atom is -0.497 e. The van der Waals surface area contributed by atoms with E-state index < -0.39 is 0 Å². The highest BCUT2D eigenvalue weighted by molar-refractivity contribution is 6.00. The lowest BCUT2D eigenvalue weighted by Crippen LogP contribution is -2.24. The normalized spacial score (nSPS) is 13.6. The smallest absolute Gasteiger partial charge is 0.323 e. The molecule has 1 aliphatic heterocycles. The van der Waals surface area contributed by atoms with Crippen molar-refractivity contribution < 1.29 is 9.53 Å². The maximum absolute atomic E-state index is 12.3. The Bertz CT molecular complexity index is 732. The van der Waals surface area contributed by atoms with Crippen LogP contribution in [0.25, 0.3) is 0 Å². The second-order valence-corrected chi connectivity index (χ2v) is 6.07. The number of anilines is 3. The second kappa shape index (κ2) is 7.38. The average Bonchev–Trinajstić information content (AvgIpc) is 3.13. The lowest BCUT2D eigenvalue weighted by Gasteiger charge is -2.18. The van der Waals surface area contributed by atoms with Crippen molar-refractivity contribution in [1.82, 2.24) is 9.97 Å². The SMILES string of the molecule is COc1ccc(NC(=O)Nc2c(C)nc(N3CCCC3)nc2C)cc1. The summed E-state index contributed by atoms with van der Waals surface area (Å²) in [5.41, 5.74) is 2.86. The summed E-state index contributed by atoms with van der Waals surface area (Å²) in [6.07, 6.45) is 2.34. The third-order valence-corrected chi connectivity index (χ3v) is 4.23. The van der Waals surface area contributed by atoms with Gasteiger partial charge in [-0.15, -0.1) is 0 Å². The molecule has 1 fully saturated rings. The highest BCUT2D eigenvalue weighted by Gasteiger charge is 2.18. The first-order chi connectivity index (χ1) is 12.1. The number of hydrogen-bond acceptors (Lipinski definition) is 5. The van der Waals surface area contributed by atoms with E-state index in [0.29, 0.717) is 11.4 Å². The predicted octanol–water partition coefficient (Wildman–Crippen LogP) is 3.35. The summed E-state index contributed by atoms with van der Waals surface area (Å²) in [6.45, 7) is 5.75. The summed E-state index contributed by atoms with van der Waals surface area (Å²) in [5, 5.41) is 5.64. The van der Waals surface area contributed by atoms with Crippen molar-refractivity contribution in [3.63, 3.8) is 0 Å². The van der Waals surface area contributed by atoms with Gasteiger partial charge in [-0.1, -0.05) is 0 Å². The molecule has 25 heavy (non-hydrogen) atoms. The molecule has 1 aliphatic rings. The van der Waals surface area contributed by atoms with Gasteiger partial charge in [0.2, 0.25) is 5.95 Å². The zero-order chi connectivity index (χ0) is 17.8. The minimum absolute atomic E-state index is 0.325. The van der Waals surface area contributed by atoms with Gasteiger partial charge in [0.15, 0.2) is 0 Å². The highest BCUT2D eigenvalue weighted by Crippen LogP contribution is 2.23. The Morgan fingerprint density at radius 2 is 1.64 bits per heavy atom. The number of nitrogens with one attached hydrogen (secondary N) is 2. The Hall–Kier alpha value is -2.83. The molecule has 0 radical (unpaired) electrons. The van der Waals surface area contributed by atoms with Crippen LogP contribution in [0.15, 0.2) is 24.3 Å². The van der Waals surface area contributed by atoms with Crippen LogP contribution in [0.5, 0.6) is 5.75 Å². The van der Waals surface area contributed by atoms with Gasteiger partial charge in [0.1, 0.15) is 5.75 Å². The van der Waals surface area contributed by atoms with Gasteiger partial charge in [-0.2, -0.15) is 0 Å². The van der Waals surface area contributed by atoms with E-state index >= 15 is 0 Å². The van der Waals surface area contributed by atoms with Gasteiger partial charge in [0, 0.05) is 18.8 Å². The van der Waals surface area contributed by atoms with Crippen LogP contribution in [0.4, 0.5) is 22.1 Å². The van der Waals surface area contributed by atoms with E-state index in [2.05, 4.69) is 25.5 Å². The molecule has 2 aromatic rings. The first-order valence-electron chi connectivity index (χ1n) is 8.39. The van der Waals surface area contributed by atoms with Crippen LogP contribution >= 0.6 is 0 Å². The van der Waals surface area contributed by atoms with Crippen molar-refractivity contribution in [3.8, 4) is 5.75 Å². The molecule has 3 rings (SSSR count). The fourth-order valence-electron chi connectivity index (χ4n) is 2.89. The molecular formula is C18H23N5O2. The largest absolute Gasteiger partial charge is 0.497 e. The Morgan fingerprint density at radius 3 is 2.20 bits per heavy atom. The fourth-order valence-corrected chi connectivity index (χ4v) is 2.89. The predicted molar refractivity (Wildman–Crippen MR) is 98.6 cm³/mol. The maximum Gasteiger partial charge on any atom is 0.323 e. The van der Waals surface area contributed by atoms with Crippen molar-refractivity contribution in [1.29, 1.82) is 0 Å². The molecule has 7 nitrogen and oxygen atoms in total. The van der Waals surface area contributed by atoms with Gasteiger partial charge in [-0.05, 0) is 51.0 Å². The summed E-state index contributed by atoms with van der Waals surface area (Å²) in [4.78, 5) is 23.6. The van der Waals surface area contributed by atoms with E-state index in [1.54, 1.807) is 31.4 Å². The van der Waals surface area contributed by atoms with Gasteiger partial charge >= 0.3 is 6.03 Å². The standard InChI is InChI=1S/C18H23N5O2/c1-12-16(13(2)20-17(19-12)23-10-4-5-11-23)22-18(24)21-14-6-8-15(25-3)9-7-14/h6-9H,4-5,10-11H2,1-3H3,(H2,21,22,24). The van der Waals surface area contributed by atoms with Crippen molar-refractivity contribution in [3.05, 3.63) is 35.7 Å². The van der Waals surface area contributed by atoms with Crippen molar-refractivity contribution in [2.75, 3.05) is 35.7 Å². The van der Waals surface area contributed by atoms with Crippen LogP contribution in [-0.4, -0.2) is 36.2 Å². The third kappa shape index (κ3) is 3.99. The average molecular weight is 341 g/mol. The van der Waals surface area contributed by atoms with Crippen molar-refractivity contribution >= 4 is 23.4 Å². The third-order valence-electron chi connectivity index (χ3n) is 4.23. The number of urea groups is 1. The van der Waals surface area contributed by atoms with E-state index in [1.165, 1.54) is 12.8 Å². The van der Waals surface area contributed by atoms with Crippen LogP contribution < -0.4 is 20.3 Å². The van der Waals surface area contributed by atoms with Crippen LogP contribution in [0.3, 0.4) is 0 Å². The van der Waals surface area contributed by atoms with Crippen molar-refractivity contribution in [2.24, 2.45) is 0 Å². The van der Waals surface area contributed by atoms with Crippen LogP contribution in [0.2, 0.25) is 0 Å². The maximum atomic E-state index is 12.3. The summed E-state index contributed by atoms with van der Waals surface area (Å²) < 4.78 is 5.11. The molecule has 0 saturated carbocycles. The number of nitrogens with zero attached hydrogens (tertiary/aromatic N) is 3. The summed E-state index contributed by atoms with van der Waals surface area (Å²) in [6, 6.07) is 6.82.